The number of aryl methyl sites for hydroxylation is 2. The lowest BCUT2D eigenvalue weighted by Gasteiger charge is -1.99. The number of carbonyl (C=O) groups is 1. The van der Waals surface area contributed by atoms with E-state index in [9.17, 15) is 9.59 Å². The highest BCUT2D eigenvalue weighted by Crippen LogP contribution is 2.22. The number of carboxylic acid groups (broad SMARTS) is 1. The van der Waals surface area contributed by atoms with E-state index in [4.69, 9.17) is 5.11 Å². The first-order chi connectivity index (χ1) is 9.49. The van der Waals surface area contributed by atoms with Crippen molar-refractivity contribution in [3.05, 3.63) is 40.4 Å². The summed E-state index contributed by atoms with van der Waals surface area (Å²) >= 11 is 0. The molecule has 3 rings (SSSR count). The molecule has 2 N–H and O–H groups in total. The molecule has 20 heavy (non-hydrogen) atoms. The Bertz CT molecular complexity index is 885. The van der Waals surface area contributed by atoms with Crippen LogP contribution in [0.5, 0.6) is 0 Å². The topological polar surface area (TPSA) is 92.9 Å². The summed E-state index contributed by atoms with van der Waals surface area (Å²) in [4.78, 5) is 22.7. The summed E-state index contributed by atoms with van der Waals surface area (Å²) in [5, 5.41) is 15.3. The van der Waals surface area contributed by atoms with Gasteiger partial charge in [0.2, 0.25) is 0 Å². The number of benzene rings is 1. The summed E-state index contributed by atoms with van der Waals surface area (Å²) in [6, 6.07) is 6.91. The van der Waals surface area contributed by atoms with Crippen molar-refractivity contribution in [1.82, 2.24) is 19.3 Å². The number of aromatic amines is 1. The number of nitrogens with zero attached hydrogens (tertiary/aromatic N) is 3. The van der Waals surface area contributed by atoms with Crippen LogP contribution < -0.4 is 5.69 Å². The number of nitrogens with one attached hydrogen (secondary N) is 1. The van der Waals surface area contributed by atoms with Crippen LogP contribution in [0.2, 0.25) is 0 Å². The molecule has 7 nitrogen and oxygen atoms in total. The van der Waals surface area contributed by atoms with E-state index in [1.165, 1.54) is 6.07 Å². The van der Waals surface area contributed by atoms with Crippen molar-refractivity contribution >= 4 is 17.0 Å². The van der Waals surface area contributed by atoms with E-state index in [0.29, 0.717) is 5.69 Å². The number of fused-ring (bicyclic) bond motifs is 1. The molecule has 0 aliphatic carbocycles. The number of imidazole rings is 1. The Hall–Kier alpha value is -2.83. The van der Waals surface area contributed by atoms with Gasteiger partial charge in [-0.15, -0.1) is 0 Å². The van der Waals surface area contributed by atoms with Crippen LogP contribution in [0, 0.1) is 0 Å². The zero-order chi connectivity index (χ0) is 14.4. The molecule has 3 aromatic rings. The number of carboxylic acids is 1. The van der Waals surface area contributed by atoms with Gasteiger partial charge in [-0.05, 0) is 18.2 Å². The Labute approximate surface area is 113 Å². The number of hydrogen-bond donors (Lipinski definition) is 2. The Kier molecular flexibility index (Phi) is 2.50. The van der Waals surface area contributed by atoms with Crippen LogP contribution in [0.3, 0.4) is 0 Å². The minimum Gasteiger partial charge on any atom is -0.477 e. The monoisotopic (exact) mass is 272 g/mol. The number of H-pyrrole nitrogens is 1. The molecule has 0 unspecified atom stereocenters. The molecule has 0 aliphatic rings. The van der Waals surface area contributed by atoms with Gasteiger partial charge < -0.3 is 5.11 Å². The first kappa shape index (κ1) is 12.2. The summed E-state index contributed by atoms with van der Waals surface area (Å²) in [6.45, 7) is 0. The maximum absolute atomic E-state index is 11.9. The molecule has 0 amide bonds. The van der Waals surface area contributed by atoms with Gasteiger partial charge in [-0.2, -0.15) is 5.10 Å². The van der Waals surface area contributed by atoms with Gasteiger partial charge in [0.05, 0.1) is 16.7 Å². The molecule has 0 saturated carbocycles. The molecule has 7 heteroatoms. The minimum absolute atomic E-state index is 0.0297. The lowest BCUT2D eigenvalue weighted by Crippen LogP contribution is -2.19. The van der Waals surface area contributed by atoms with Gasteiger partial charge in [-0.1, -0.05) is 6.07 Å². The largest absolute Gasteiger partial charge is 0.477 e. The third-order valence-corrected chi connectivity index (χ3v) is 3.38. The molecular weight excluding hydrogens is 260 g/mol. The van der Waals surface area contributed by atoms with Crippen LogP contribution in [-0.2, 0) is 14.1 Å². The summed E-state index contributed by atoms with van der Waals surface area (Å²) in [7, 11) is 3.41. The van der Waals surface area contributed by atoms with Crippen LogP contribution in [-0.4, -0.2) is 30.4 Å². The zero-order valence-electron chi connectivity index (χ0n) is 10.9. The maximum atomic E-state index is 11.9. The van der Waals surface area contributed by atoms with Gasteiger partial charge in [0.15, 0.2) is 0 Å². The fourth-order valence-electron chi connectivity index (χ4n) is 2.25. The van der Waals surface area contributed by atoms with Crippen molar-refractivity contribution < 1.29 is 9.90 Å². The first-order valence-corrected chi connectivity index (χ1v) is 5.93. The summed E-state index contributed by atoms with van der Waals surface area (Å²) in [5.41, 5.74) is 2.79. The van der Waals surface area contributed by atoms with Crippen molar-refractivity contribution in [1.29, 1.82) is 0 Å². The van der Waals surface area contributed by atoms with E-state index in [-0.39, 0.29) is 11.4 Å². The number of aromatic carboxylic acids is 1. The van der Waals surface area contributed by atoms with Gasteiger partial charge >= 0.3 is 11.7 Å². The number of rotatable bonds is 2. The standard InChI is InChI=1S/C13H12N4O3/c1-16-10-4-3-7(5-11(10)17(2)13(16)20)8-6-9(12(18)19)15-14-8/h3-6H,1-2H3,(H,14,15)(H,18,19). The normalized spacial score (nSPS) is 11.1. The van der Waals surface area contributed by atoms with Gasteiger partial charge in [0, 0.05) is 19.7 Å². The van der Waals surface area contributed by atoms with E-state index in [1.807, 2.05) is 18.2 Å². The lowest BCUT2D eigenvalue weighted by molar-refractivity contribution is 0.0690. The van der Waals surface area contributed by atoms with Crippen LogP contribution >= 0.6 is 0 Å². The fourth-order valence-corrected chi connectivity index (χ4v) is 2.25. The minimum atomic E-state index is -1.06. The summed E-state index contributed by atoms with van der Waals surface area (Å²) in [6.07, 6.45) is 0. The molecule has 0 atom stereocenters. The third kappa shape index (κ3) is 1.63. The Morgan fingerprint density at radius 1 is 1.20 bits per heavy atom. The molecule has 0 spiro atoms. The van der Waals surface area contributed by atoms with Gasteiger partial charge in [0.25, 0.3) is 0 Å². The first-order valence-electron chi connectivity index (χ1n) is 5.93. The summed E-state index contributed by atoms with van der Waals surface area (Å²) in [5.74, 6) is -1.06. The van der Waals surface area contributed by atoms with E-state index < -0.39 is 5.97 Å². The van der Waals surface area contributed by atoms with Crippen molar-refractivity contribution in [2.45, 2.75) is 0 Å². The van der Waals surface area contributed by atoms with Crippen LogP contribution in [0.15, 0.2) is 29.1 Å². The van der Waals surface area contributed by atoms with Gasteiger partial charge in [0.1, 0.15) is 5.69 Å². The molecule has 102 valence electrons. The average Bonchev–Trinajstić information content (AvgIpc) is 3.00. The van der Waals surface area contributed by atoms with E-state index in [2.05, 4.69) is 10.2 Å². The Morgan fingerprint density at radius 3 is 2.55 bits per heavy atom. The second-order valence-corrected chi connectivity index (χ2v) is 4.58. The van der Waals surface area contributed by atoms with E-state index in [0.717, 1.165) is 16.6 Å². The van der Waals surface area contributed by atoms with E-state index in [1.54, 1.807) is 23.2 Å². The second-order valence-electron chi connectivity index (χ2n) is 4.58. The predicted octanol–water partition coefficient (Wildman–Crippen LogP) is 0.965. The fraction of sp³-hybridized carbons (Fsp3) is 0.154. The predicted molar refractivity (Wildman–Crippen MR) is 72.7 cm³/mol. The molecule has 1 aromatic carbocycles. The molecule has 2 aromatic heterocycles. The second kappa shape index (κ2) is 4.09. The SMILES string of the molecule is Cn1c(=O)n(C)c2cc(-c3cc(C(=O)O)[nH]n3)ccc21. The molecule has 0 fully saturated rings. The molecule has 2 heterocycles. The zero-order valence-corrected chi connectivity index (χ0v) is 10.9. The quantitative estimate of drug-likeness (QED) is 0.726. The molecule has 0 bridgehead atoms. The van der Waals surface area contributed by atoms with Crippen LogP contribution in [0.25, 0.3) is 22.3 Å². The van der Waals surface area contributed by atoms with Gasteiger partial charge in [-0.3, -0.25) is 14.2 Å². The molecule has 0 saturated heterocycles. The van der Waals surface area contributed by atoms with Crippen molar-refractivity contribution in [2.75, 3.05) is 0 Å². The average molecular weight is 272 g/mol. The Balaban J connectivity index is 2.19. The lowest BCUT2D eigenvalue weighted by atomic mass is 10.1. The number of hydrogen-bond acceptors (Lipinski definition) is 3. The van der Waals surface area contributed by atoms with Crippen molar-refractivity contribution in [3.8, 4) is 11.3 Å². The Morgan fingerprint density at radius 2 is 1.90 bits per heavy atom. The maximum Gasteiger partial charge on any atom is 0.353 e. The van der Waals surface area contributed by atoms with Crippen molar-refractivity contribution in [2.24, 2.45) is 14.1 Å². The third-order valence-electron chi connectivity index (χ3n) is 3.38. The number of aromatic nitrogens is 4. The van der Waals surface area contributed by atoms with Gasteiger partial charge in [-0.25, -0.2) is 9.59 Å². The smallest absolute Gasteiger partial charge is 0.353 e. The summed E-state index contributed by atoms with van der Waals surface area (Å²) < 4.78 is 3.11. The molecule has 0 radical (unpaired) electrons. The van der Waals surface area contributed by atoms with Crippen molar-refractivity contribution in [3.63, 3.8) is 0 Å². The van der Waals surface area contributed by atoms with E-state index >= 15 is 0 Å². The van der Waals surface area contributed by atoms with Crippen LogP contribution in [0.1, 0.15) is 10.5 Å². The highest BCUT2D eigenvalue weighted by molar-refractivity contribution is 5.88. The molecule has 0 aliphatic heterocycles. The van der Waals surface area contributed by atoms with Crippen LogP contribution in [0.4, 0.5) is 0 Å². The highest BCUT2D eigenvalue weighted by atomic mass is 16.4. The molecular formula is C13H12N4O3. The highest BCUT2D eigenvalue weighted by Gasteiger charge is 2.12.